The van der Waals surface area contributed by atoms with Gasteiger partial charge in [-0.1, -0.05) is 157 Å². The maximum Gasteiger partial charge on any atom is 0.129 e. The lowest BCUT2D eigenvalue weighted by Crippen LogP contribution is -2.54. The Bertz CT molecular complexity index is 1970. The van der Waals surface area contributed by atoms with Crippen molar-refractivity contribution < 1.29 is 0 Å². The molecule has 0 aromatic heterocycles. The number of nitrogens with zero attached hydrogens (tertiary/aromatic N) is 1. The summed E-state index contributed by atoms with van der Waals surface area (Å²) >= 11 is 0. The number of hydrogen-bond acceptors (Lipinski definition) is 5. The summed E-state index contributed by atoms with van der Waals surface area (Å²) in [6, 6.07) is 50.5. The van der Waals surface area contributed by atoms with Gasteiger partial charge < -0.3 is 5.32 Å². The molecule has 6 unspecified atom stereocenters. The Morgan fingerprint density at radius 2 is 1.12 bits per heavy atom. The topological polar surface area (TPSA) is 60.5 Å². The molecule has 1 saturated heterocycles. The standard InChI is InChI=1S/C45H43N5/c1-4-14-33(15-5-1)42-46-39-28-27-31-13-10-11-22-38(31)40(39)41(47-42)32-25-23-30(24-26-32)36-20-12-21-37(29-36)45-49-43(34-16-6-2-7-17-34)48-44(50-45)35-18-8-3-9-19-35/h1-10,12-26,29,31,39-41,43-45,48-50H,11,27-28H2,(H,46,47). The van der Waals surface area contributed by atoms with Crippen LogP contribution in [0.4, 0.5) is 0 Å². The number of aliphatic imine (C=N–C) groups is 1. The Morgan fingerprint density at radius 1 is 0.520 bits per heavy atom. The van der Waals surface area contributed by atoms with E-state index in [2.05, 4.69) is 179 Å². The van der Waals surface area contributed by atoms with Gasteiger partial charge in [-0.2, -0.15) is 0 Å². The molecular formula is C45H43N5. The van der Waals surface area contributed by atoms with Crippen molar-refractivity contribution in [1.82, 2.24) is 21.3 Å². The van der Waals surface area contributed by atoms with Crippen LogP contribution in [0, 0.1) is 11.8 Å². The molecule has 5 aromatic rings. The summed E-state index contributed by atoms with van der Waals surface area (Å²) in [5.74, 6) is 1.90. The van der Waals surface area contributed by atoms with Crippen LogP contribution in [-0.4, -0.2) is 11.9 Å². The fourth-order valence-corrected chi connectivity index (χ4v) is 8.44. The molecule has 248 valence electrons. The zero-order chi connectivity index (χ0) is 33.3. The molecule has 9 rings (SSSR count). The predicted octanol–water partition coefficient (Wildman–Crippen LogP) is 8.90. The van der Waals surface area contributed by atoms with E-state index in [0.29, 0.717) is 17.9 Å². The number of fused-ring (bicyclic) bond motifs is 3. The van der Waals surface area contributed by atoms with Crippen LogP contribution in [0.1, 0.15) is 71.6 Å². The Kier molecular flexibility index (Phi) is 8.47. The van der Waals surface area contributed by atoms with Crippen LogP contribution < -0.4 is 21.3 Å². The molecule has 4 aliphatic rings. The molecule has 2 heterocycles. The molecular weight excluding hydrogens is 611 g/mol. The molecule has 5 aromatic carbocycles. The van der Waals surface area contributed by atoms with E-state index in [1.54, 1.807) is 5.57 Å². The van der Waals surface area contributed by atoms with Crippen molar-refractivity contribution in [1.29, 1.82) is 0 Å². The third-order valence-electron chi connectivity index (χ3n) is 10.9. The van der Waals surface area contributed by atoms with Gasteiger partial charge in [0, 0.05) is 17.5 Å². The Labute approximate surface area is 295 Å². The van der Waals surface area contributed by atoms with E-state index < -0.39 is 0 Å². The summed E-state index contributed by atoms with van der Waals surface area (Å²) in [5, 5.41) is 15.3. The molecule has 0 amide bonds. The van der Waals surface area contributed by atoms with Crippen LogP contribution in [0.3, 0.4) is 0 Å². The third-order valence-corrected chi connectivity index (χ3v) is 10.9. The van der Waals surface area contributed by atoms with Crippen molar-refractivity contribution >= 4 is 5.84 Å². The first kappa shape index (κ1) is 30.9. The van der Waals surface area contributed by atoms with Crippen molar-refractivity contribution in [2.24, 2.45) is 16.8 Å². The number of rotatable bonds is 6. The van der Waals surface area contributed by atoms with Crippen molar-refractivity contribution in [3.63, 3.8) is 0 Å². The predicted molar refractivity (Wildman–Crippen MR) is 203 cm³/mol. The second kappa shape index (κ2) is 13.7. The lowest BCUT2D eigenvalue weighted by atomic mass is 9.67. The van der Waals surface area contributed by atoms with Crippen LogP contribution in [0.5, 0.6) is 0 Å². The number of nitrogens with one attached hydrogen (secondary N) is 4. The highest BCUT2D eigenvalue weighted by Crippen LogP contribution is 2.47. The van der Waals surface area contributed by atoms with E-state index >= 15 is 0 Å². The highest BCUT2D eigenvalue weighted by Gasteiger charge is 2.43. The van der Waals surface area contributed by atoms with Gasteiger partial charge in [-0.15, -0.1) is 0 Å². The molecule has 5 heteroatoms. The lowest BCUT2D eigenvalue weighted by molar-refractivity contribution is 0.203. The quantitative estimate of drug-likeness (QED) is 0.138. The van der Waals surface area contributed by atoms with E-state index in [4.69, 9.17) is 4.99 Å². The maximum absolute atomic E-state index is 5.46. The lowest BCUT2D eigenvalue weighted by Gasteiger charge is -2.45. The number of allylic oxidation sites excluding steroid dienone is 3. The summed E-state index contributed by atoms with van der Waals surface area (Å²) in [5.41, 5.74) is 10.1. The highest BCUT2D eigenvalue weighted by molar-refractivity contribution is 5.99. The van der Waals surface area contributed by atoms with Gasteiger partial charge in [0.25, 0.3) is 0 Å². The van der Waals surface area contributed by atoms with Gasteiger partial charge >= 0.3 is 0 Å². The van der Waals surface area contributed by atoms with Crippen LogP contribution in [0.2, 0.25) is 0 Å². The minimum Gasteiger partial charge on any atom is -0.366 e. The van der Waals surface area contributed by atoms with E-state index in [-0.39, 0.29) is 24.5 Å². The van der Waals surface area contributed by atoms with Crippen LogP contribution >= 0.6 is 0 Å². The van der Waals surface area contributed by atoms with Crippen molar-refractivity contribution in [2.45, 2.75) is 49.8 Å². The van der Waals surface area contributed by atoms with Crippen LogP contribution in [0.25, 0.3) is 11.1 Å². The van der Waals surface area contributed by atoms with Gasteiger partial charge in [0.2, 0.25) is 0 Å². The third kappa shape index (κ3) is 6.13. The van der Waals surface area contributed by atoms with Crippen LogP contribution in [0.15, 0.2) is 168 Å². The maximum atomic E-state index is 5.46. The molecule has 2 aliphatic heterocycles. The molecule has 50 heavy (non-hydrogen) atoms. The molecule has 1 saturated carbocycles. The molecule has 2 aliphatic carbocycles. The van der Waals surface area contributed by atoms with E-state index in [9.17, 15) is 0 Å². The molecule has 4 N–H and O–H groups in total. The van der Waals surface area contributed by atoms with E-state index in [0.717, 1.165) is 24.2 Å². The molecule has 0 radical (unpaired) electrons. The summed E-state index contributed by atoms with van der Waals surface area (Å²) in [7, 11) is 0. The van der Waals surface area contributed by atoms with Gasteiger partial charge in [-0.3, -0.25) is 20.9 Å². The molecule has 0 bridgehead atoms. The average Bonchev–Trinajstić information content (AvgIpc) is 3.21. The van der Waals surface area contributed by atoms with Crippen LogP contribution in [-0.2, 0) is 0 Å². The number of amidine groups is 1. The SMILES string of the molecule is C1=CC2CCC3NC(c4ccccc4)=NC(c4ccc(-c5cccc(C6NC(c7ccccc7)NC(c7ccccc7)N6)c5)cc4)C3C2=CC1. The van der Waals surface area contributed by atoms with Crippen molar-refractivity contribution in [3.8, 4) is 11.1 Å². The van der Waals surface area contributed by atoms with Gasteiger partial charge in [-0.05, 0) is 64.6 Å². The molecule has 2 fully saturated rings. The van der Waals surface area contributed by atoms with Crippen molar-refractivity contribution in [3.05, 3.63) is 191 Å². The minimum absolute atomic E-state index is 0.000101. The number of benzene rings is 5. The van der Waals surface area contributed by atoms with E-state index in [1.807, 2.05) is 0 Å². The Morgan fingerprint density at radius 3 is 1.80 bits per heavy atom. The first-order chi connectivity index (χ1) is 24.8. The minimum atomic E-state index is -0.0413. The Balaban J connectivity index is 1.02. The molecule has 6 atom stereocenters. The highest BCUT2D eigenvalue weighted by atomic mass is 15.4. The summed E-state index contributed by atoms with van der Waals surface area (Å²) in [6.07, 6.45) is 10.6. The first-order valence-corrected chi connectivity index (χ1v) is 18.1. The molecule has 5 nitrogen and oxygen atoms in total. The van der Waals surface area contributed by atoms with Gasteiger partial charge in [0.05, 0.1) is 24.5 Å². The second-order valence-corrected chi connectivity index (χ2v) is 14.0. The van der Waals surface area contributed by atoms with Gasteiger partial charge in [-0.25, -0.2) is 0 Å². The first-order valence-electron chi connectivity index (χ1n) is 18.1. The summed E-state index contributed by atoms with van der Waals surface area (Å²) < 4.78 is 0. The smallest absolute Gasteiger partial charge is 0.129 e. The largest absolute Gasteiger partial charge is 0.366 e. The fourth-order valence-electron chi connectivity index (χ4n) is 8.44. The number of hydrogen-bond donors (Lipinski definition) is 4. The Hall–Kier alpha value is -5.07. The normalized spacial score (nSPS) is 27.2. The van der Waals surface area contributed by atoms with Crippen molar-refractivity contribution in [2.75, 3.05) is 0 Å². The zero-order valence-corrected chi connectivity index (χ0v) is 28.1. The zero-order valence-electron chi connectivity index (χ0n) is 28.1. The fraction of sp³-hybridized carbons (Fsp3) is 0.222. The second-order valence-electron chi connectivity index (χ2n) is 14.0. The van der Waals surface area contributed by atoms with Gasteiger partial charge in [0.15, 0.2) is 0 Å². The van der Waals surface area contributed by atoms with E-state index in [1.165, 1.54) is 39.8 Å². The summed E-state index contributed by atoms with van der Waals surface area (Å²) in [6.45, 7) is 0. The monoisotopic (exact) mass is 653 g/mol. The van der Waals surface area contributed by atoms with Gasteiger partial charge in [0.1, 0.15) is 5.84 Å². The molecule has 0 spiro atoms. The average molecular weight is 654 g/mol. The summed E-state index contributed by atoms with van der Waals surface area (Å²) in [4.78, 5) is 5.46.